The summed E-state index contributed by atoms with van der Waals surface area (Å²) in [5, 5.41) is 20.2. The number of benzene rings is 2. The van der Waals surface area contributed by atoms with Gasteiger partial charge in [-0.2, -0.15) is 0 Å². The van der Waals surface area contributed by atoms with Crippen molar-refractivity contribution < 1.29 is 37.8 Å². The Morgan fingerprint density at radius 2 is 1.29 bits per heavy atom. The first-order valence-electron chi connectivity index (χ1n) is 12.6. The molecule has 38 heavy (non-hydrogen) atoms. The molecular weight excluding hydrogens is 523 g/mol. The summed E-state index contributed by atoms with van der Waals surface area (Å²) in [5.74, 6) is -3.62. The van der Waals surface area contributed by atoms with Crippen LogP contribution in [0.5, 0.6) is 0 Å². The lowest BCUT2D eigenvalue weighted by molar-refractivity contribution is -0.159. The van der Waals surface area contributed by atoms with Crippen molar-refractivity contribution in [3.05, 3.63) is 71.8 Å². The summed E-state index contributed by atoms with van der Waals surface area (Å²) in [7, 11) is -6.64. The largest absolute Gasteiger partial charge is 0.481 e. The molecule has 2 N–H and O–H groups in total. The summed E-state index contributed by atoms with van der Waals surface area (Å²) < 4.78 is 32.0. The van der Waals surface area contributed by atoms with Crippen LogP contribution in [-0.4, -0.2) is 42.7 Å². The molecule has 0 saturated heterocycles. The molecule has 0 aliphatic carbocycles. The molecule has 8 nitrogen and oxygen atoms in total. The molecule has 10 heteroatoms. The highest BCUT2D eigenvalue weighted by Crippen LogP contribution is 2.56. The quantitative estimate of drug-likeness (QED) is 0.190. The Labute approximate surface area is 227 Å². The zero-order chi connectivity index (χ0) is 28.8. The Bertz CT molecular complexity index is 1070. The van der Waals surface area contributed by atoms with Crippen molar-refractivity contribution in [3.8, 4) is 0 Å². The number of hydrogen-bond donors (Lipinski definition) is 2. The molecule has 3 atom stereocenters. The number of carboxylic acid groups (broad SMARTS) is 2. The van der Waals surface area contributed by atoms with Gasteiger partial charge in [-0.25, -0.2) is 4.79 Å². The summed E-state index contributed by atoms with van der Waals surface area (Å²) in [4.78, 5) is 25.1. The van der Waals surface area contributed by atoms with E-state index in [2.05, 4.69) is 0 Å². The van der Waals surface area contributed by atoms with E-state index in [1.54, 1.807) is 24.3 Å². The van der Waals surface area contributed by atoms with Crippen molar-refractivity contribution in [3.63, 3.8) is 0 Å². The Balaban J connectivity index is 2.42. The van der Waals surface area contributed by atoms with E-state index < -0.39 is 51.5 Å². The SMILES string of the molecule is CC([C@H](O[Si](C)(C)C(C)(C)C)C(=O)O)C(C)(CP(=O)(OCc1ccccc1)OCc1ccccc1)C(=O)O. The van der Waals surface area contributed by atoms with Crippen LogP contribution in [0.25, 0.3) is 0 Å². The molecule has 0 amide bonds. The highest BCUT2D eigenvalue weighted by molar-refractivity contribution is 7.53. The van der Waals surface area contributed by atoms with E-state index in [0.717, 1.165) is 11.1 Å². The van der Waals surface area contributed by atoms with Gasteiger partial charge in [0, 0.05) is 5.92 Å². The predicted molar refractivity (Wildman–Crippen MR) is 150 cm³/mol. The van der Waals surface area contributed by atoms with E-state index in [1.165, 1.54) is 13.8 Å². The first-order chi connectivity index (χ1) is 17.5. The third kappa shape index (κ3) is 8.35. The third-order valence-electron chi connectivity index (χ3n) is 7.48. The topological polar surface area (TPSA) is 119 Å². The Morgan fingerprint density at radius 3 is 1.63 bits per heavy atom. The zero-order valence-electron chi connectivity index (χ0n) is 23.3. The third-order valence-corrected chi connectivity index (χ3v) is 14.0. The second-order valence-electron chi connectivity index (χ2n) is 11.4. The number of carbonyl (C=O) groups is 2. The van der Waals surface area contributed by atoms with E-state index in [1.807, 2.05) is 70.3 Å². The second kappa shape index (κ2) is 12.7. The fourth-order valence-electron chi connectivity index (χ4n) is 3.63. The fraction of sp³-hybridized carbons (Fsp3) is 0.500. The van der Waals surface area contributed by atoms with Crippen LogP contribution in [0.4, 0.5) is 0 Å². The van der Waals surface area contributed by atoms with Crippen LogP contribution in [0.1, 0.15) is 45.7 Å². The molecule has 0 aliphatic heterocycles. The highest BCUT2D eigenvalue weighted by atomic mass is 31.2. The molecule has 210 valence electrons. The summed E-state index contributed by atoms with van der Waals surface area (Å²) in [6.45, 7) is 12.5. The van der Waals surface area contributed by atoms with E-state index in [9.17, 15) is 24.4 Å². The molecule has 2 unspecified atom stereocenters. The smallest absolute Gasteiger partial charge is 0.332 e. The molecule has 0 bridgehead atoms. The lowest BCUT2D eigenvalue weighted by atomic mass is 9.76. The van der Waals surface area contributed by atoms with Gasteiger partial charge in [-0.1, -0.05) is 88.4 Å². The summed E-state index contributed by atoms with van der Waals surface area (Å²) in [6.07, 6.45) is -1.95. The fourth-order valence-corrected chi connectivity index (χ4v) is 7.10. The van der Waals surface area contributed by atoms with E-state index in [-0.39, 0.29) is 18.3 Å². The van der Waals surface area contributed by atoms with Gasteiger partial charge in [-0.05, 0) is 36.2 Å². The van der Waals surface area contributed by atoms with Crippen molar-refractivity contribution in [2.45, 2.75) is 72.1 Å². The predicted octanol–water partition coefficient (Wildman–Crippen LogP) is 6.82. The van der Waals surface area contributed by atoms with Crippen LogP contribution in [0, 0.1) is 11.3 Å². The Kier molecular flexibility index (Phi) is 10.7. The first-order valence-corrected chi connectivity index (χ1v) is 17.2. The molecular formula is C28H41O8PSi. The van der Waals surface area contributed by atoms with E-state index in [4.69, 9.17) is 13.5 Å². The lowest BCUT2D eigenvalue weighted by Crippen LogP contribution is -2.53. The van der Waals surface area contributed by atoms with Gasteiger partial charge in [-0.3, -0.25) is 9.36 Å². The number of aliphatic carboxylic acids is 2. The monoisotopic (exact) mass is 564 g/mol. The number of carboxylic acids is 2. The van der Waals surface area contributed by atoms with Crippen LogP contribution < -0.4 is 0 Å². The van der Waals surface area contributed by atoms with E-state index in [0.29, 0.717) is 0 Å². The molecule has 0 aliphatic rings. The maximum atomic E-state index is 14.1. The van der Waals surface area contributed by atoms with Gasteiger partial charge in [0.15, 0.2) is 8.32 Å². The molecule has 2 aromatic rings. The summed E-state index contributed by atoms with van der Waals surface area (Å²) >= 11 is 0. The van der Waals surface area contributed by atoms with Gasteiger partial charge in [0.25, 0.3) is 0 Å². The lowest BCUT2D eigenvalue weighted by Gasteiger charge is -2.43. The van der Waals surface area contributed by atoms with Gasteiger partial charge in [0.2, 0.25) is 0 Å². The van der Waals surface area contributed by atoms with Crippen LogP contribution in [0.2, 0.25) is 18.1 Å². The van der Waals surface area contributed by atoms with Gasteiger partial charge in [0.1, 0.15) is 6.10 Å². The highest BCUT2D eigenvalue weighted by Gasteiger charge is 2.53. The van der Waals surface area contributed by atoms with Crippen LogP contribution in [0.3, 0.4) is 0 Å². The molecule has 0 spiro atoms. The van der Waals surface area contributed by atoms with Crippen molar-refractivity contribution in [2.24, 2.45) is 11.3 Å². The normalized spacial score (nSPS) is 15.9. The van der Waals surface area contributed by atoms with Gasteiger partial charge in [0.05, 0.1) is 24.8 Å². The Morgan fingerprint density at radius 1 is 0.868 bits per heavy atom. The molecule has 2 aromatic carbocycles. The average molecular weight is 565 g/mol. The minimum atomic E-state index is -4.05. The molecule has 0 heterocycles. The van der Waals surface area contributed by atoms with E-state index >= 15 is 0 Å². The summed E-state index contributed by atoms with van der Waals surface area (Å²) in [6, 6.07) is 18.1. The number of hydrogen-bond acceptors (Lipinski definition) is 6. The Hall–Kier alpha value is -2.29. The molecule has 2 rings (SSSR count). The average Bonchev–Trinajstić information content (AvgIpc) is 2.85. The molecule has 0 aromatic heterocycles. The van der Waals surface area contributed by atoms with Gasteiger partial charge in [-0.15, -0.1) is 0 Å². The molecule has 0 fully saturated rings. The minimum Gasteiger partial charge on any atom is -0.481 e. The number of rotatable bonds is 14. The van der Waals surface area contributed by atoms with Crippen molar-refractivity contribution >= 4 is 27.9 Å². The van der Waals surface area contributed by atoms with Crippen LogP contribution in [-0.2, 0) is 40.8 Å². The van der Waals surface area contributed by atoms with Gasteiger partial charge >= 0.3 is 19.5 Å². The molecule has 0 radical (unpaired) electrons. The summed E-state index contributed by atoms with van der Waals surface area (Å²) in [5.41, 5.74) is -0.314. The van der Waals surface area contributed by atoms with Gasteiger partial charge < -0.3 is 23.7 Å². The minimum absolute atomic E-state index is 0.0557. The molecule has 0 saturated carbocycles. The van der Waals surface area contributed by atoms with Crippen molar-refractivity contribution in [1.82, 2.24) is 0 Å². The van der Waals surface area contributed by atoms with Crippen molar-refractivity contribution in [2.75, 3.05) is 6.16 Å². The maximum absolute atomic E-state index is 14.1. The zero-order valence-corrected chi connectivity index (χ0v) is 25.2. The van der Waals surface area contributed by atoms with Crippen molar-refractivity contribution in [1.29, 1.82) is 0 Å². The maximum Gasteiger partial charge on any atom is 0.332 e. The van der Waals surface area contributed by atoms with Crippen LogP contribution in [0.15, 0.2) is 60.7 Å². The standard InChI is InChI=1S/C28H41O8PSi/c1-21(24(25(29)30)36-38(6,7)27(2,3)4)28(5,26(31)32)20-37(33,34-18-22-14-10-8-11-15-22)35-19-23-16-12-9-13-17-23/h8-17,21,24H,18-20H2,1-7H3,(H,29,30)(H,31,32)/t21?,24-,28?/m0/s1. The first kappa shape index (κ1) is 31.9. The van der Waals surface area contributed by atoms with Crippen LogP contribution >= 0.6 is 7.60 Å². The second-order valence-corrected chi connectivity index (χ2v) is 18.2.